The van der Waals surface area contributed by atoms with Gasteiger partial charge in [-0.15, -0.1) is 11.3 Å². The Hall–Kier alpha value is -2.38. The fourth-order valence-corrected chi connectivity index (χ4v) is 5.34. The molecular weight excluding hydrogens is 444 g/mol. The minimum absolute atomic E-state index is 0.0197. The van der Waals surface area contributed by atoms with Crippen molar-refractivity contribution in [3.05, 3.63) is 80.7 Å². The van der Waals surface area contributed by atoms with Crippen LogP contribution in [0, 0.1) is 13.8 Å². The van der Waals surface area contributed by atoms with Gasteiger partial charge in [0.2, 0.25) is 0 Å². The van der Waals surface area contributed by atoms with Crippen LogP contribution in [0.25, 0.3) is 0 Å². The summed E-state index contributed by atoms with van der Waals surface area (Å²) in [5, 5.41) is 4.75. The molecule has 0 aliphatic carbocycles. The Balaban J connectivity index is 1.73. The van der Waals surface area contributed by atoms with Crippen LogP contribution in [0.4, 0.5) is 5.00 Å². The number of hydrogen-bond donors (Lipinski definition) is 1. The zero-order valence-electron chi connectivity index (χ0n) is 18.5. The predicted octanol–water partition coefficient (Wildman–Crippen LogP) is 5.70. The summed E-state index contributed by atoms with van der Waals surface area (Å²) in [4.78, 5) is 16.7. The highest BCUT2D eigenvalue weighted by atomic mass is 35.5. The van der Waals surface area contributed by atoms with Crippen molar-refractivity contribution >= 4 is 33.8 Å². The van der Waals surface area contributed by atoms with Crippen molar-refractivity contribution in [3.63, 3.8) is 0 Å². The van der Waals surface area contributed by atoms with Crippen molar-refractivity contribution in [1.29, 1.82) is 0 Å². The number of aryl methyl sites for hydroxylation is 1. The third kappa shape index (κ3) is 4.84. The molecule has 4 rings (SSSR count). The molecule has 3 aromatic rings. The van der Waals surface area contributed by atoms with Crippen molar-refractivity contribution in [3.8, 4) is 5.75 Å². The highest BCUT2D eigenvalue weighted by molar-refractivity contribution is 7.16. The topological polar surface area (TPSA) is 50.8 Å². The lowest BCUT2D eigenvalue weighted by Gasteiger charge is -2.35. The summed E-state index contributed by atoms with van der Waals surface area (Å²) in [5.74, 6) is 0.584. The Morgan fingerprint density at radius 1 is 1.16 bits per heavy atom. The number of hydrogen-bond acceptors (Lipinski definition) is 5. The van der Waals surface area contributed by atoms with Gasteiger partial charge >= 0.3 is 0 Å². The first-order valence-electron chi connectivity index (χ1n) is 10.6. The molecule has 168 valence electrons. The van der Waals surface area contributed by atoms with Crippen molar-refractivity contribution in [2.24, 2.45) is 0 Å². The van der Waals surface area contributed by atoms with Crippen LogP contribution in [0.5, 0.6) is 5.75 Å². The van der Waals surface area contributed by atoms with Gasteiger partial charge in [0.1, 0.15) is 10.8 Å². The highest BCUT2D eigenvalue weighted by Gasteiger charge is 2.30. The molecule has 2 aromatic carbocycles. The van der Waals surface area contributed by atoms with E-state index in [4.69, 9.17) is 21.1 Å². The van der Waals surface area contributed by atoms with Gasteiger partial charge in [0.05, 0.1) is 26.4 Å². The van der Waals surface area contributed by atoms with E-state index >= 15 is 0 Å². The number of morpholine rings is 1. The molecule has 1 aliphatic rings. The number of amides is 1. The summed E-state index contributed by atoms with van der Waals surface area (Å²) in [5.41, 5.74) is 4.02. The first-order valence-corrected chi connectivity index (χ1v) is 11.8. The molecule has 0 unspecified atom stereocenters. The average molecular weight is 471 g/mol. The standard InChI is InChI=1S/C25H27ClN2O3S/c1-16-17(2)32-25(27-24(29)18-7-9-21(30-3)10-8-18)22(16)23(28-11-13-31-14-12-28)19-5-4-6-20(26)15-19/h4-10,15,23H,11-14H2,1-3H3,(H,27,29)/t23-/m0/s1. The first kappa shape index (κ1) is 22.8. The van der Waals surface area contributed by atoms with Gasteiger partial charge in [-0.1, -0.05) is 23.7 Å². The van der Waals surface area contributed by atoms with Crippen LogP contribution >= 0.6 is 22.9 Å². The number of benzene rings is 2. The van der Waals surface area contributed by atoms with Gasteiger partial charge in [-0.3, -0.25) is 9.69 Å². The summed E-state index contributed by atoms with van der Waals surface area (Å²) in [6.45, 7) is 7.23. The molecule has 1 amide bonds. The Labute approximate surface area is 197 Å². The lowest BCUT2D eigenvalue weighted by molar-refractivity contribution is 0.0240. The molecule has 5 nitrogen and oxygen atoms in total. The van der Waals surface area contributed by atoms with Gasteiger partial charge in [-0.2, -0.15) is 0 Å². The third-order valence-corrected chi connectivity index (χ3v) is 7.23. The van der Waals surface area contributed by atoms with E-state index in [9.17, 15) is 4.79 Å². The van der Waals surface area contributed by atoms with Gasteiger partial charge in [-0.25, -0.2) is 0 Å². The number of rotatable bonds is 6. The van der Waals surface area contributed by atoms with Crippen LogP contribution in [0.2, 0.25) is 5.02 Å². The molecule has 1 aliphatic heterocycles. The van der Waals surface area contributed by atoms with E-state index in [1.54, 1.807) is 42.7 Å². The summed E-state index contributed by atoms with van der Waals surface area (Å²) >= 11 is 7.98. The van der Waals surface area contributed by atoms with Gasteiger partial charge in [-0.05, 0) is 61.4 Å². The SMILES string of the molecule is COc1ccc(C(=O)Nc2sc(C)c(C)c2[C@H](c2cccc(Cl)c2)N2CCOCC2)cc1. The number of carbonyl (C=O) groups is 1. The number of methoxy groups -OCH3 is 1. The molecule has 2 heterocycles. The van der Waals surface area contributed by atoms with E-state index in [0.717, 1.165) is 35.0 Å². The van der Waals surface area contributed by atoms with Crippen LogP contribution in [0.1, 0.15) is 38.0 Å². The second-order valence-corrected chi connectivity index (χ2v) is 9.48. The van der Waals surface area contributed by atoms with Gasteiger partial charge in [0.25, 0.3) is 5.91 Å². The zero-order chi connectivity index (χ0) is 22.7. The van der Waals surface area contributed by atoms with E-state index in [2.05, 4.69) is 30.1 Å². The number of nitrogens with zero attached hydrogens (tertiary/aromatic N) is 1. The third-order valence-electron chi connectivity index (χ3n) is 5.86. The second kappa shape index (κ2) is 10.0. The van der Waals surface area contributed by atoms with E-state index in [1.165, 1.54) is 10.4 Å². The number of ether oxygens (including phenoxy) is 2. The van der Waals surface area contributed by atoms with E-state index in [1.807, 2.05) is 18.2 Å². The van der Waals surface area contributed by atoms with Crippen LogP contribution in [0.3, 0.4) is 0 Å². The molecular formula is C25H27ClN2O3S. The van der Waals surface area contributed by atoms with Crippen LogP contribution in [-0.2, 0) is 4.74 Å². The fraction of sp³-hybridized carbons (Fsp3) is 0.320. The Morgan fingerprint density at radius 3 is 2.53 bits per heavy atom. The Bertz CT molecular complexity index is 1090. The molecule has 0 bridgehead atoms. The summed E-state index contributed by atoms with van der Waals surface area (Å²) in [7, 11) is 1.61. The van der Waals surface area contributed by atoms with Crippen molar-refractivity contribution < 1.29 is 14.3 Å². The summed E-state index contributed by atoms with van der Waals surface area (Å²) < 4.78 is 10.8. The minimum atomic E-state index is -0.137. The molecule has 7 heteroatoms. The maximum atomic E-state index is 13.1. The largest absolute Gasteiger partial charge is 0.497 e. The number of thiophene rings is 1. The lowest BCUT2D eigenvalue weighted by Crippen LogP contribution is -2.40. The van der Waals surface area contributed by atoms with Gasteiger partial charge < -0.3 is 14.8 Å². The number of halogens is 1. The smallest absolute Gasteiger partial charge is 0.256 e. The highest BCUT2D eigenvalue weighted by Crippen LogP contribution is 2.43. The normalized spacial score (nSPS) is 15.4. The minimum Gasteiger partial charge on any atom is -0.497 e. The molecule has 1 atom stereocenters. The molecule has 1 saturated heterocycles. The maximum absolute atomic E-state index is 13.1. The van der Waals surface area contributed by atoms with Crippen molar-refractivity contribution in [2.75, 3.05) is 38.7 Å². The van der Waals surface area contributed by atoms with Gasteiger partial charge in [0, 0.05) is 34.1 Å². The summed E-state index contributed by atoms with van der Waals surface area (Å²) in [6.07, 6.45) is 0. The molecule has 0 radical (unpaired) electrons. The number of anilines is 1. The number of carbonyl (C=O) groups excluding carboxylic acids is 1. The quantitative estimate of drug-likeness (QED) is 0.502. The monoisotopic (exact) mass is 470 g/mol. The molecule has 1 fully saturated rings. The Kier molecular flexibility index (Phi) is 7.16. The Morgan fingerprint density at radius 2 is 1.88 bits per heavy atom. The second-order valence-electron chi connectivity index (χ2n) is 7.81. The van der Waals surface area contributed by atoms with E-state index < -0.39 is 0 Å². The predicted molar refractivity (Wildman–Crippen MR) is 130 cm³/mol. The number of nitrogens with one attached hydrogen (secondary N) is 1. The molecule has 0 spiro atoms. The molecule has 32 heavy (non-hydrogen) atoms. The maximum Gasteiger partial charge on any atom is 0.256 e. The van der Waals surface area contributed by atoms with E-state index in [0.29, 0.717) is 23.8 Å². The molecule has 1 N–H and O–H groups in total. The van der Waals surface area contributed by atoms with Crippen LogP contribution < -0.4 is 10.1 Å². The van der Waals surface area contributed by atoms with E-state index in [-0.39, 0.29) is 11.9 Å². The van der Waals surface area contributed by atoms with Crippen LogP contribution in [0.15, 0.2) is 48.5 Å². The average Bonchev–Trinajstić information content (AvgIpc) is 3.08. The first-order chi connectivity index (χ1) is 15.5. The molecule has 0 saturated carbocycles. The van der Waals surface area contributed by atoms with Crippen molar-refractivity contribution in [1.82, 2.24) is 4.90 Å². The lowest BCUT2D eigenvalue weighted by atomic mass is 9.94. The molecule has 1 aromatic heterocycles. The van der Waals surface area contributed by atoms with Crippen LogP contribution in [-0.4, -0.2) is 44.2 Å². The van der Waals surface area contributed by atoms with Gasteiger partial charge in [0.15, 0.2) is 0 Å². The van der Waals surface area contributed by atoms with Crippen molar-refractivity contribution in [2.45, 2.75) is 19.9 Å². The zero-order valence-corrected chi connectivity index (χ0v) is 20.1. The summed E-state index contributed by atoms with van der Waals surface area (Å²) in [6, 6.07) is 15.1. The fourth-order valence-electron chi connectivity index (χ4n) is 4.06.